The Hall–Kier alpha value is -1.10. The van der Waals surface area contributed by atoms with Gasteiger partial charge in [0.1, 0.15) is 0 Å². The van der Waals surface area contributed by atoms with Crippen LogP contribution in [0.1, 0.15) is 44.4 Å². The van der Waals surface area contributed by atoms with Crippen molar-refractivity contribution in [2.24, 2.45) is 5.92 Å². The number of anilines is 1. The van der Waals surface area contributed by atoms with E-state index in [0.29, 0.717) is 18.5 Å². The first-order chi connectivity index (χ1) is 8.88. The van der Waals surface area contributed by atoms with E-state index < -0.39 is 0 Å². The Morgan fingerprint density at radius 1 is 1.22 bits per heavy atom. The van der Waals surface area contributed by atoms with E-state index in [9.17, 15) is 0 Å². The number of aromatic nitrogens is 2. The van der Waals surface area contributed by atoms with Gasteiger partial charge < -0.3 is 14.6 Å². The summed E-state index contributed by atoms with van der Waals surface area (Å²) in [5.74, 6) is 1.52. The number of hydrogen-bond acceptors (Lipinski definition) is 5. The molecule has 2 aliphatic rings. The molecular formula is C13H22N4O. The molecule has 0 radical (unpaired) electrons. The fourth-order valence-electron chi connectivity index (χ4n) is 3.45. The smallest absolute Gasteiger partial charge is 0.318 e. The van der Waals surface area contributed by atoms with Crippen molar-refractivity contribution in [3.63, 3.8) is 0 Å². The first-order valence-electron chi connectivity index (χ1n) is 7.12. The van der Waals surface area contributed by atoms with Gasteiger partial charge in [0.05, 0.1) is 6.54 Å². The minimum absolute atomic E-state index is 0.635. The molecule has 0 bridgehead atoms. The van der Waals surface area contributed by atoms with E-state index in [1.54, 1.807) is 0 Å². The van der Waals surface area contributed by atoms with Gasteiger partial charge in [-0.25, -0.2) is 0 Å². The van der Waals surface area contributed by atoms with Crippen LogP contribution in [0.15, 0.2) is 4.42 Å². The summed E-state index contributed by atoms with van der Waals surface area (Å²) in [6, 6.07) is 1.37. The molecule has 1 N–H and O–H groups in total. The van der Waals surface area contributed by atoms with E-state index in [-0.39, 0.29) is 0 Å². The molecule has 1 unspecified atom stereocenters. The van der Waals surface area contributed by atoms with Gasteiger partial charge in [-0.15, -0.1) is 5.10 Å². The molecule has 1 aliphatic heterocycles. The molecule has 5 nitrogen and oxygen atoms in total. The van der Waals surface area contributed by atoms with Gasteiger partial charge in [0.2, 0.25) is 5.89 Å². The lowest BCUT2D eigenvalue weighted by Gasteiger charge is -2.27. The maximum atomic E-state index is 5.74. The molecule has 2 heterocycles. The average Bonchev–Trinajstić information content (AvgIpc) is 3.10. The topological polar surface area (TPSA) is 54.2 Å². The second-order valence-electron chi connectivity index (χ2n) is 5.46. The SMILES string of the molecule is CNCc1nnc(N2CCCC2C2CCCC2)o1. The number of rotatable bonds is 4. The molecule has 5 heteroatoms. The van der Waals surface area contributed by atoms with Crippen LogP contribution in [-0.4, -0.2) is 29.8 Å². The lowest BCUT2D eigenvalue weighted by molar-refractivity contribution is 0.400. The van der Waals surface area contributed by atoms with Crippen molar-refractivity contribution in [1.82, 2.24) is 15.5 Å². The number of nitrogens with zero attached hydrogens (tertiary/aromatic N) is 3. The van der Waals surface area contributed by atoms with Gasteiger partial charge in [-0.1, -0.05) is 17.9 Å². The summed E-state index contributed by atoms with van der Waals surface area (Å²) < 4.78 is 5.74. The summed E-state index contributed by atoms with van der Waals surface area (Å²) >= 11 is 0. The summed E-state index contributed by atoms with van der Waals surface area (Å²) in [4.78, 5) is 2.35. The van der Waals surface area contributed by atoms with Gasteiger partial charge in [0.15, 0.2) is 0 Å². The second-order valence-corrected chi connectivity index (χ2v) is 5.46. The van der Waals surface area contributed by atoms with Gasteiger partial charge in [0, 0.05) is 12.6 Å². The van der Waals surface area contributed by atoms with Gasteiger partial charge >= 0.3 is 6.01 Å². The van der Waals surface area contributed by atoms with Gasteiger partial charge in [-0.2, -0.15) is 0 Å². The molecule has 100 valence electrons. The normalized spacial score (nSPS) is 25.2. The molecule has 1 aromatic rings. The van der Waals surface area contributed by atoms with Crippen molar-refractivity contribution >= 4 is 6.01 Å². The Morgan fingerprint density at radius 3 is 2.83 bits per heavy atom. The van der Waals surface area contributed by atoms with Crippen molar-refractivity contribution in [2.45, 2.75) is 51.1 Å². The minimum Gasteiger partial charge on any atom is -0.407 e. The summed E-state index contributed by atoms with van der Waals surface area (Å²) in [7, 11) is 1.89. The van der Waals surface area contributed by atoms with Crippen LogP contribution in [0.2, 0.25) is 0 Å². The first-order valence-corrected chi connectivity index (χ1v) is 7.12. The maximum Gasteiger partial charge on any atom is 0.318 e. The van der Waals surface area contributed by atoms with Crippen LogP contribution in [-0.2, 0) is 6.54 Å². The fourth-order valence-corrected chi connectivity index (χ4v) is 3.45. The van der Waals surface area contributed by atoms with Crippen LogP contribution in [0.5, 0.6) is 0 Å². The predicted octanol–water partition coefficient (Wildman–Crippen LogP) is 1.95. The Morgan fingerprint density at radius 2 is 2.06 bits per heavy atom. The Labute approximate surface area is 108 Å². The van der Waals surface area contributed by atoms with E-state index in [1.165, 1.54) is 38.5 Å². The van der Waals surface area contributed by atoms with E-state index in [4.69, 9.17) is 4.42 Å². The zero-order chi connectivity index (χ0) is 12.4. The Bertz CT molecular complexity index is 386. The van der Waals surface area contributed by atoms with Crippen LogP contribution in [0.25, 0.3) is 0 Å². The highest BCUT2D eigenvalue weighted by atomic mass is 16.4. The Balaban J connectivity index is 1.72. The molecule has 1 saturated carbocycles. The molecular weight excluding hydrogens is 228 g/mol. The highest BCUT2D eigenvalue weighted by molar-refractivity contribution is 5.29. The highest BCUT2D eigenvalue weighted by Gasteiger charge is 2.35. The maximum absolute atomic E-state index is 5.74. The molecule has 0 spiro atoms. The van der Waals surface area contributed by atoms with Crippen molar-refractivity contribution < 1.29 is 4.42 Å². The molecule has 0 aromatic carbocycles. The van der Waals surface area contributed by atoms with Crippen molar-refractivity contribution in [3.05, 3.63) is 5.89 Å². The summed E-state index contributed by atoms with van der Waals surface area (Å²) in [5, 5.41) is 11.3. The third kappa shape index (κ3) is 2.23. The number of nitrogens with one attached hydrogen (secondary N) is 1. The van der Waals surface area contributed by atoms with E-state index in [1.807, 2.05) is 7.05 Å². The van der Waals surface area contributed by atoms with Crippen LogP contribution < -0.4 is 10.2 Å². The van der Waals surface area contributed by atoms with Crippen molar-refractivity contribution in [2.75, 3.05) is 18.5 Å². The zero-order valence-electron chi connectivity index (χ0n) is 11.1. The molecule has 1 saturated heterocycles. The summed E-state index contributed by atoms with van der Waals surface area (Å²) in [6.07, 6.45) is 8.07. The largest absolute Gasteiger partial charge is 0.407 e. The van der Waals surface area contributed by atoms with Crippen LogP contribution >= 0.6 is 0 Å². The van der Waals surface area contributed by atoms with Crippen LogP contribution in [0.4, 0.5) is 6.01 Å². The molecule has 1 aliphatic carbocycles. The standard InChI is InChI=1S/C13H22N4O/c1-14-9-12-15-16-13(18-12)17-8-4-7-11(17)10-5-2-3-6-10/h10-11,14H,2-9H2,1H3. The van der Waals surface area contributed by atoms with Gasteiger partial charge in [0.25, 0.3) is 0 Å². The zero-order valence-corrected chi connectivity index (χ0v) is 11.1. The lowest BCUT2D eigenvalue weighted by atomic mass is 9.96. The van der Waals surface area contributed by atoms with Gasteiger partial charge in [-0.05, 0) is 38.6 Å². The highest BCUT2D eigenvalue weighted by Crippen LogP contribution is 2.37. The van der Waals surface area contributed by atoms with Crippen molar-refractivity contribution in [1.29, 1.82) is 0 Å². The third-order valence-corrected chi connectivity index (χ3v) is 4.27. The fraction of sp³-hybridized carbons (Fsp3) is 0.846. The predicted molar refractivity (Wildman–Crippen MR) is 69.4 cm³/mol. The van der Waals surface area contributed by atoms with Gasteiger partial charge in [-0.3, -0.25) is 0 Å². The molecule has 0 amide bonds. The summed E-state index contributed by atoms with van der Waals surface area (Å²) in [5.41, 5.74) is 0. The average molecular weight is 250 g/mol. The second kappa shape index (κ2) is 5.26. The molecule has 2 fully saturated rings. The lowest BCUT2D eigenvalue weighted by Crippen LogP contribution is -2.34. The van der Waals surface area contributed by atoms with E-state index in [2.05, 4.69) is 20.4 Å². The molecule has 3 rings (SSSR count). The van der Waals surface area contributed by atoms with Crippen LogP contribution in [0, 0.1) is 5.92 Å². The molecule has 18 heavy (non-hydrogen) atoms. The Kier molecular flexibility index (Phi) is 3.50. The molecule has 1 aromatic heterocycles. The third-order valence-electron chi connectivity index (χ3n) is 4.27. The first kappa shape index (κ1) is 12.0. The monoisotopic (exact) mass is 250 g/mol. The minimum atomic E-state index is 0.635. The summed E-state index contributed by atoms with van der Waals surface area (Å²) in [6.45, 7) is 1.72. The number of hydrogen-bond donors (Lipinski definition) is 1. The van der Waals surface area contributed by atoms with Crippen molar-refractivity contribution in [3.8, 4) is 0 Å². The van der Waals surface area contributed by atoms with E-state index >= 15 is 0 Å². The molecule has 1 atom stereocenters. The van der Waals surface area contributed by atoms with Crippen LogP contribution in [0.3, 0.4) is 0 Å². The van der Waals surface area contributed by atoms with E-state index in [0.717, 1.165) is 18.5 Å². The quantitative estimate of drug-likeness (QED) is 0.885.